The van der Waals surface area contributed by atoms with E-state index in [4.69, 9.17) is 0 Å². The van der Waals surface area contributed by atoms with Gasteiger partial charge in [0.2, 0.25) is 0 Å². The van der Waals surface area contributed by atoms with Crippen LogP contribution in [0.4, 0.5) is 0 Å². The normalized spacial score (nSPS) is 9.83. The molecule has 68 valence electrons. The molecule has 0 aromatic rings. The summed E-state index contributed by atoms with van der Waals surface area (Å²) in [7, 11) is 1.29. The molecular formula is C8H12O4. The molecule has 0 saturated heterocycles. The molecule has 4 heteroatoms. The van der Waals surface area contributed by atoms with Crippen molar-refractivity contribution in [2.24, 2.45) is 0 Å². The zero-order chi connectivity index (χ0) is 9.40. The first-order valence-electron chi connectivity index (χ1n) is 3.57. The van der Waals surface area contributed by atoms with Gasteiger partial charge in [0.25, 0.3) is 0 Å². The molecule has 0 radical (unpaired) electrons. The van der Waals surface area contributed by atoms with Crippen molar-refractivity contribution in [3.8, 4) is 0 Å². The molecule has 0 fully saturated rings. The molecule has 4 nitrogen and oxygen atoms in total. The molecule has 0 aromatic carbocycles. The molecule has 0 unspecified atom stereocenters. The predicted octanol–water partition coefficient (Wildman–Crippen LogP) is 0.669. The SMILES string of the molecule is CC=CC(=O)OCCC(=O)OC. The Morgan fingerprint density at radius 3 is 2.58 bits per heavy atom. The Bertz CT molecular complexity index is 183. The lowest BCUT2D eigenvalue weighted by atomic mass is 10.4. The second kappa shape index (κ2) is 6.39. The first kappa shape index (κ1) is 10.7. The second-order valence-electron chi connectivity index (χ2n) is 1.99. The number of allylic oxidation sites excluding steroid dienone is 1. The second-order valence-corrected chi connectivity index (χ2v) is 1.99. The van der Waals surface area contributed by atoms with Crippen LogP contribution in [-0.4, -0.2) is 25.7 Å². The van der Waals surface area contributed by atoms with Gasteiger partial charge in [0.15, 0.2) is 0 Å². The van der Waals surface area contributed by atoms with Gasteiger partial charge in [0, 0.05) is 6.08 Å². The van der Waals surface area contributed by atoms with E-state index in [0.717, 1.165) is 0 Å². The van der Waals surface area contributed by atoms with Crippen LogP contribution in [0.2, 0.25) is 0 Å². The predicted molar refractivity (Wildman–Crippen MR) is 42.4 cm³/mol. The average Bonchev–Trinajstić information content (AvgIpc) is 2.04. The van der Waals surface area contributed by atoms with Crippen molar-refractivity contribution < 1.29 is 19.1 Å². The summed E-state index contributed by atoms with van der Waals surface area (Å²) >= 11 is 0. The zero-order valence-corrected chi connectivity index (χ0v) is 7.20. The summed E-state index contributed by atoms with van der Waals surface area (Å²) in [6.45, 7) is 1.78. The molecule has 0 aliphatic rings. The highest BCUT2D eigenvalue weighted by Gasteiger charge is 2.01. The topological polar surface area (TPSA) is 52.6 Å². The van der Waals surface area contributed by atoms with Crippen LogP contribution in [0, 0.1) is 0 Å². The van der Waals surface area contributed by atoms with Crippen LogP contribution < -0.4 is 0 Å². The van der Waals surface area contributed by atoms with E-state index >= 15 is 0 Å². The quantitative estimate of drug-likeness (QED) is 0.462. The minimum Gasteiger partial charge on any atom is -0.469 e. The van der Waals surface area contributed by atoms with E-state index < -0.39 is 5.97 Å². The highest BCUT2D eigenvalue weighted by molar-refractivity contribution is 5.82. The van der Waals surface area contributed by atoms with Gasteiger partial charge in [-0.25, -0.2) is 4.79 Å². The summed E-state index contributed by atoms with van der Waals surface area (Å²) in [5.74, 6) is -0.829. The Morgan fingerprint density at radius 1 is 1.42 bits per heavy atom. The van der Waals surface area contributed by atoms with Crippen LogP contribution >= 0.6 is 0 Å². The highest BCUT2D eigenvalue weighted by Crippen LogP contribution is 1.88. The van der Waals surface area contributed by atoms with Crippen molar-refractivity contribution >= 4 is 11.9 Å². The third-order valence-corrected chi connectivity index (χ3v) is 1.08. The number of esters is 2. The smallest absolute Gasteiger partial charge is 0.330 e. The van der Waals surface area contributed by atoms with Crippen LogP contribution in [-0.2, 0) is 19.1 Å². The minimum absolute atomic E-state index is 0.0653. The first-order chi connectivity index (χ1) is 5.70. The molecule has 0 aliphatic heterocycles. The first-order valence-corrected chi connectivity index (χ1v) is 3.57. The van der Waals surface area contributed by atoms with Crippen LogP contribution in [0.1, 0.15) is 13.3 Å². The van der Waals surface area contributed by atoms with E-state index in [2.05, 4.69) is 9.47 Å². The minimum atomic E-state index is -0.443. The molecule has 0 saturated carbocycles. The van der Waals surface area contributed by atoms with Gasteiger partial charge in [-0.15, -0.1) is 0 Å². The maximum atomic E-state index is 10.7. The third-order valence-electron chi connectivity index (χ3n) is 1.08. The van der Waals surface area contributed by atoms with Gasteiger partial charge in [0.05, 0.1) is 13.5 Å². The number of carbonyl (C=O) groups is 2. The number of methoxy groups -OCH3 is 1. The van der Waals surface area contributed by atoms with E-state index in [1.165, 1.54) is 13.2 Å². The van der Waals surface area contributed by atoms with E-state index in [9.17, 15) is 9.59 Å². The Labute approximate surface area is 71.2 Å². The summed E-state index contributed by atoms with van der Waals surface area (Å²) in [5.41, 5.74) is 0. The van der Waals surface area contributed by atoms with Gasteiger partial charge in [0.1, 0.15) is 6.61 Å². The number of rotatable bonds is 4. The van der Waals surface area contributed by atoms with Crippen LogP contribution in [0.3, 0.4) is 0 Å². The largest absolute Gasteiger partial charge is 0.469 e. The van der Waals surface area contributed by atoms with E-state index in [-0.39, 0.29) is 19.0 Å². The fraction of sp³-hybridized carbons (Fsp3) is 0.500. The fourth-order valence-electron chi connectivity index (χ4n) is 0.521. The van der Waals surface area contributed by atoms with Crippen molar-refractivity contribution in [1.29, 1.82) is 0 Å². The zero-order valence-electron chi connectivity index (χ0n) is 7.20. The molecule has 12 heavy (non-hydrogen) atoms. The van der Waals surface area contributed by atoms with Crippen LogP contribution in [0.15, 0.2) is 12.2 Å². The molecule has 0 atom stereocenters. The maximum absolute atomic E-state index is 10.7. The van der Waals surface area contributed by atoms with Crippen molar-refractivity contribution in [2.75, 3.05) is 13.7 Å². The summed E-state index contributed by atoms with van der Waals surface area (Å²) in [4.78, 5) is 21.2. The lowest BCUT2D eigenvalue weighted by Gasteiger charge is -1.99. The lowest BCUT2D eigenvalue weighted by molar-refractivity contribution is -0.144. The van der Waals surface area contributed by atoms with Crippen molar-refractivity contribution in [2.45, 2.75) is 13.3 Å². The Kier molecular flexibility index (Phi) is 5.69. The van der Waals surface area contributed by atoms with Gasteiger partial charge >= 0.3 is 11.9 Å². The monoisotopic (exact) mass is 172 g/mol. The maximum Gasteiger partial charge on any atom is 0.330 e. The van der Waals surface area contributed by atoms with Gasteiger partial charge < -0.3 is 9.47 Å². The standard InChI is InChI=1S/C8H12O4/c1-3-4-8(10)12-6-5-7(9)11-2/h3-4H,5-6H2,1-2H3. The summed E-state index contributed by atoms with van der Waals surface area (Å²) in [6, 6.07) is 0. The molecule has 0 amide bonds. The number of ether oxygens (including phenoxy) is 2. The van der Waals surface area contributed by atoms with Gasteiger partial charge in [-0.3, -0.25) is 4.79 Å². The molecule has 0 bridgehead atoms. The summed E-state index contributed by atoms with van der Waals surface area (Å²) < 4.78 is 8.97. The van der Waals surface area contributed by atoms with E-state index in [1.54, 1.807) is 13.0 Å². The fourth-order valence-corrected chi connectivity index (χ4v) is 0.521. The van der Waals surface area contributed by atoms with Crippen molar-refractivity contribution in [3.05, 3.63) is 12.2 Å². The number of hydrogen-bond donors (Lipinski definition) is 0. The molecule has 0 aliphatic carbocycles. The molecular weight excluding hydrogens is 160 g/mol. The Morgan fingerprint density at radius 2 is 2.08 bits per heavy atom. The van der Waals surface area contributed by atoms with Gasteiger partial charge in [-0.05, 0) is 6.92 Å². The van der Waals surface area contributed by atoms with Crippen molar-refractivity contribution in [3.63, 3.8) is 0 Å². The van der Waals surface area contributed by atoms with Crippen LogP contribution in [0.25, 0.3) is 0 Å². The Balaban J connectivity index is 3.43. The average molecular weight is 172 g/mol. The lowest BCUT2D eigenvalue weighted by Crippen LogP contribution is -2.08. The number of carbonyl (C=O) groups excluding carboxylic acids is 2. The third kappa shape index (κ3) is 5.46. The Hall–Kier alpha value is -1.32. The highest BCUT2D eigenvalue weighted by atomic mass is 16.5. The van der Waals surface area contributed by atoms with Crippen LogP contribution in [0.5, 0.6) is 0 Å². The summed E-state index contributed by atoms with van der Waals surface area (Å²) in [6.07, 6.45) is 2.96. The van der Waals surface area contributed by atoms with Gasteiger partial charge in [-0.2, -0.15) is 0 Å². The van der Waals surface area contributed by atoms with E-state index in [1.807, 2.05) is 0 Å². The molecule has 0 rings (SSSR count). The van der Waals surface area contributed by atoms with Crippen molar-refractivity contribution in [1.82, 2.24) is 0 Å². The summed E-state index contributed by atoms with van der Waals surface area (Å²) in [5, 5.41) is 0. The van der Waals surface area contributed by atoms with Gasteiger partial charge in [-0.1, -0.05) is 6.08 Å². The number of hydrogen-bond acceptors (Lipinski definition) is 4. The molecule has 0 N–H and O–H groups in total. The molecule has 0 aromatic heterocycles. The molecule has 0 heterocycles. The van der Waals surface area contributed by atoms with E-state index in [0.29, 0.717) is 0 Å². The molecule has 0 spiro atoms.